The minimum atomic E-state index is -0.811. The third-order valence-corrected chi connectivity index (χ3v) is 7.68. The third kappa shape index (κ3) is 9.21. The molecule has 39 heavy (non-hydrogen) atoms. The molecule has 3 aromatic rings. The molecule has 0 unspecified atom stereocenters. The first-order valence-electron chi connectivity index (χ1n) is 13.3. The zero-order chi connectivity index (χ0) is 27.5. The molecule has 1 aliphatic heterocycles. The van der Waals surface area contributed by atoms with Gasteiger partial charge in [-0.1, -0.05) is 61.0 Å². The Morgan fingerprint density at radius 2 is 1.64 bits per heavy atom. The minimum absolute atomic E-state index is 0.00523. The molecule has 3 atom stereocenters. The quantitative estimate of drug-likeness (QED) is 0.165. The van der Waals surface area contributed by atoms with Gasteiger partial charge in [-0.3, -0.25) is 9.59 Å². The van der Waals surface area contributed by atoms with Gasteiger partial charge in [0.1, 0.15) is 0 Å². The van der Waals surface area contributed by atoms with E-state index in [9.17, 15) is 14.7 Å². The lowest BCUT2D eigenvalue weighted by Crippen LogP contribution is -2.31. The molecule has 3 aromatic carbocycles. The van der Waals surface area contributed by atoms with Crippen LogP contribution >= 0.6 is 11.8 Å². The Hall–Kier alpha value is -3.17. The number of thioether (sulfide) groups is 1. The molecule has 1 fully saturated rings. The lowest BCUT2D eigenvalue weighted by atomic mass is 10.0. The number of anilines is 1. The summed E-state index contributed by atoms with van der Waals surface area (Å²) in [4.78, 5) is 24.3. The molecule has 7 nitrogen and oxygen atoms in total. The summed E-state index contributed by atoms with van der Waals surface area (Å²) in [6.07, 6.45) is 2.25. The van der Waals surface area contributed by atoms with Gasteiger partial charge in [-0.15, -0.1) is 11.8 Å². The van der Waals surface area contributed by atoms with Crippen LogP contribution in [0.3, 0.4) is 0 Å². The van der Waals surface area contributed by atoms with Crippen molar-refractivity contribution in [2.24, 2.45) is 0 Å². The molecular formula is C31H35NO6S. The molecule has 0 aromatic heterocycles. The number of aliphatic carboxylic acids is 1. The first kappa shape index (κ1) is 28.8. The van der Waals surface area contributed by atoms with E-state index in [4.69, 9.17) is 14.6 Å². The molecular weight excluding hydrogens is 514 g/mol. The first-order chi connectivity index (χ1) is 19.0. The van der Waals surface area contributed by atoms with E-state index in [2.05, 4.69) is 17.4 Å². The molecule has 4 rings (SSSR count). The smallest absolute Gasteiger partial charge is 0.303 e. The third-order valence-electron chi connectivity index (χ3n) is 6.53. The Kier molecular flexibility index (Phi) is 11.0. The summed E-state index contributed by atoms with van der Waals surface area (Å²) in [6, 6.07) is 25.6. The van der Waals surface area contributed by atoms with Crippen LogP contribution in [0.2, 0.25) is 0 Å². The molecule has 1 aliphatic rings. The maximum atomic E-state index is 12.4. The van der Waals surface area contributed by atoms with Crippen molar-refractivity contribution in [3.05, 3.63) is 95.6 Å². The SMILES string of the molecule is O=C(O)CCCCCC(=O)Nc1cccc([C@@H]2O[C@H](CSc3ccccc3)C[C@H](c3ccc(CO)cc3)O2)c1. The Balaban J connectivity index is 1.42. The number of nitrogens with one attached hydrogen (secondary N) is 1. The molecule has 0 spiro atoms. The number of carboxylic acids is 1. The number of hydrogen-bond acceptors (Lipinski definition) is 6. The van der Waals surface area contributed by atoms with Gasteiger partial charge in [0.25, 0.3) is 0 Å². The molecule has 3 N–H and O–H groups in total. The minimum Gasteiger partial charge on any atom is -0.481 e. The van der Waals surface area contributed by atoms with Crippen molar-refractivity contribution in [3.8, 4) is 0 Å². The van der Waals surface area contributed by atoms with Crippen LogP contribution in [0.5, 0.6) is 0 Å². The summed E-state index contributed by atoms with van der Waals surface area (Å²) >= 11 is 1.75. The van der Waals surface area contributed by atoms with Crippen molar-refractivity contribution < 1.29 is 29.3 Å². The van der Waals surface area contributed by atoms with Crippen molar-refractivity contribution in [2.45, 2.75) is 68.5 Å². The predicted molar refractivity (Wildman–Crippen MR) is 151 cm³/mol. The lowest BCUT2D eigenvalue weighted by molar-refractivity contribution is -0.245. The Morgan fingerprint density at radius 3 is 2.38 bits per heavy atom. The van der Waals surface area contributed by atoms with Crippen molar-refractivity contribution in [1.82, 2.24) is 0 Å². The first-order valence-corrected chi connectivity index (χ1v) is 14.3. The molecule has 1 heterocycles. The van der Waals surface area contributed by atoms with Gasteiger partial charge < -0.3 is 25.0 Å². The lowest BCUT2D eigenvalue weighted by Gasteiger charge is -2.36. The Labute approximate surface area is 233 Å². The topological polar surface area (TPSA) is 105 Å². The number of carbonyl (C=O) groups excluding carboxylic acids is 1. The van der Waals surface area contributed by atoms with Crippen LogP contribution in [0.25, 0.3) is 0 Å². The van der Waals surface area contributed by atoms with E-state index in [1.54, 1.807) is 11.8 Å². The van der Waals surface area contributed by atoms with Crippen LogP contribution in [-0.2, 0) is 25.7 Å². The van der Waals surface area contributed by atoms with E-state index < -0.39 is 12.3 Å². The number of unbranched alkanes of at least 4 members (excludes halogenated alkanes) is 2. The van der Waals surface area contributed by atoms with Gasteiger partial charge in [0.15, 0.2) is 6.29 Å². The van der Waals surface area contributed by atoms with Crippen molar-refractivity contribution in [2.75, 3.05) is 11.1 Å². The average Bonchev–Trinajstić information content (AvgIpc) is 2.96. The highest BCUT2D eigenvalue weighted by atomic mass is 32.2. The highest BCUT2D eigenvalue weighted by Crippen LogP contribution is 2.39. The van der Waals surface area contributed by atoms with Gasteiger partial charge in [0.05, 0.1) is 18.8 Å². The molecule has 1 saturated heterocycles. The fourth-order valence-corrected chi connectivity index (χ4v) is 5.40. The van der Waals surface area contributed by atoms with Crippen molar-refractivity contribution in [1.29, 1.82) is 0 Å². The van der Waals surface area contributed by atoms with Gasteiger partial charge >= 0.3 is 5.97 Å². The number of hydrogen-bond donors (Lipinski definition) is 3. The number of rotatable bonds is 13. The van der Waals surface area contributed by atoms with Crippen LogP contribution in [-0.4, -0.2) is 33.9 Å². The summed E-state index contributed by atoms with van der Waals surface area (Å²) in [5, 5.41) is 21.1. The second-order valence-electron chi connectivity index (χ2n) is 9.60. The van der Waals surface area contributed by atoms with Crippen LogP contribution in [0.15, 0.2) is 83.8 Å². The van der Waals surface area contributed by atoms with E-state index >= 15 is 0 Å². The molecule has 206 valence electrons. The van der Waals surface area contributed by atoms with Gasteiger partial charge in [-0.2, -0.15) is 0 Å². The van der Waals surface area contributed by atoms with Gasteiger partial charge in [0, 0.05) is 41.2 Å². The summed E-state index contributed by atoms with van der Waals surface area (Å²) < 4.78 is 12.8. The number of benzene rings is 3. The van der Waals surface area contributed by atoms with E-state index in [0.29, 0.717) is 37.8 Å². The molecule has 8 heteroatoms. The number of carboxylic acid groups (broad SMARTS) is 1. The number of ether oxygens (including phenoxy) is 2. The molecule has 0 bridgehead atoms. The van der Waals surface area contributed by atoms with Crippen LogP contribution in [0.1, 0.15) is 67.6 Å². The summed E-state index contributed by atoms with van der Waals surface area (Å²) in [5.74, 6) is -0.145. The number of aliphatic hydroxyl groups excluding tert-OH is 1. The fourth-order valence-electron chi connectivity index (χ4n) is 4.45. The Morgan fingerprint density at radius 1 is 0.872 bits per heavy atom. The van der Waals surface area contributed by atoms with Crippen LogP contribution in [0, 0.1) is 0 Å². The molecule has 0 radical (unpaired) electrons. The molecule has 1 amide bonds. The van der Waals surface area contributed by atoms with Gasteiger partial charge in [-0.05, 0) is 48.2 Å². The highest BCUT2D eigenvalue weighted by molar-refractivity contribution is 7.99. The summed E-state index contributed by atoms with van der Waals surface area (Å²) in [6.45, 7) is -0.00523. The standard InChI is InChI=1S/C31H35NO6S/c33-20-22-14-16-23(17-15-22)28-19-26(21-39-27-10-3-1-4-11-27)37-31(38-28)24-8-7-9-25(18-24)32-29(34)12-5-2-6-13-30(35)36/h1,3-4,7-11,14-18,26,28,31,33H,2,5-6,12-13,19-21H2,(H,32,34)(H,35,36)/t26-,28+,31+/m0/s1. The Bertz CT molecular complexity index is 1200. The normalized spacial score (nSPS) is 18.9. The largest absolute Gasteiger partial charge is 0.481 e. The fraction of sp³-hybridized carbons (Fsp3) is 0.355. The van der Waals surface area contributed by atoms with E-state index in [0.717, 1.165) is 22.4 Å². The van der Waals surface area contributed by atoms with E-state index in [1.165, 1.54) is 4.90 Å². The second kappa shape index (κ2) is 14.8. The number of carbonyl (C=O) groups is 2. The number of aliphatic hydroxyl groups is 1. The highest BCUT2D eigenvalue weighted by Gasteiger charge is 2.32. The molecule has 0 aliphatic carbocycles. The second-order valence-corrected chi connectivity index (χ2v) is 10.7. The zero-order valence-electron chi connectivity index (χ0n) is 21.8. The monoisotopic (exact) mass is 549 g/mol. The van der Waals surface area contributed by atoms with Crippen molar-refractivity contribution >= 4 is 29.3 Å². The molecule has 0 saturated carbocycles. The van der Waals surface area contributed by atoms with Gasteiger partial charge in [0.2, 0.25) is 5.91 Å². The maximum absolute atomic E-state index is 12.4. The maximum Gasteiger partial charge on any atom is 0.303 e. The number of amides is 1. The van der Waals surface area contributed by atoms with Crippen LogP contribution in [0.4, 0.5) is 5.69 Å². The predicted octanol–water partition coefficient (Wildman–Crippen LogP) is 6.49. The summed E-state index contributed by atoms with van der Waals surface area (Å²) in [7, 11) is 0. The zero-order valence-corrected chi connectivity index (χ0v) is 22.6. The average molecular weight is 550 g/mol. The van der Waals surface area contributed by atoms with E-state index in [-0.39, 0.29) is 31.1 Å². The van der Waals surface area contributed by atoms with Crippen molar-refractivity contribution in [3.63, 3.8) is 0 Å². The summed E-state index contributed by atoms with van der Waals surface area (Å²) in [5.41, 5.74) is 3.37. The van der Waals surface area contributed by atoms with Gasteiger partial charge in [-0.25, -0.2) is 0 Å². The van der Waals surface area contributed by atoms with E-state index in [1.807, 2.05) is 66.7 Å². The van der Waals surface area contributed by atoms with Crippen LogP contribution < -0.4 is 5.32 Å².